The molecule has 0 spiro atoms. The van der Waals surface area contributed by atoms with Crippen molar-refractivity contribution in [2.75, 3.05) is 19.6 Å². The van der Waals surface area contributed by atoms with Crippen LogP contribution in [0.3, 0.4) is 0 Å². The van der Waals surface area contributed by atoms with E-state index in [1.807, 2.05) is 75.4 Å². The fourth-order valence-electron chi connectivity index (χ4n) is 4.48. The zero-order valence-corrected chi connectivity index (χ0v) is 22.4. The van der Waals surface area contributed by atoms with Crippen LogP contribution in [0.2, 0.25) is 0 Å². The molecular weight excluding hydrogens is 526 g/mol. The monoisotopic (exact) mass is 557 g/mol. The molecule has 0 saturated carbocycles. The van der Waals surface area contributed by atoms with Crippen LogP contribution in [0.4, 0.5) is 4.79 Å². The van der Waals surface area contributed by atoms with Crippen molar-refractivity contribution in [1.29, 1.82) is 0 Å². The number of ether oxygens (including phenoxy) is 1. The number of carbonyl (C=O) groups excluding carboxylic acids is 3. The second-order valence-corrected chi connectivity index (χ2v) is 11.0. The molecule has 0 aromatic heterocycles. The molecule has 0 aliphatic carbocycles. The van der Waals surface area contributed by atoms with Crippen LogP contribution >= 0.6 is 15.9 Å². The number of likely N-dealkylation sites (tertiary alicyclic amines) is 1. The minimum absolute atomic E-state index is 0.0584. The lowest BCUT2D eigenvalue weighted by Gasteiger charge is -2.36. The Balaban J connectivity index is 1.49. The summed E-state index contributed by atoms with van der Waals surface area (Å²) in [5, 5.41) is 1.32. The summed E-state index contributed by atoms with van der Waals surface area (Å²) >= 11 is 3.50. The van der Waals surface area contributed by atoms with Crippen LogP contribution in [-0.4, -0.2) is 58.0 Å². The van der Waals surface area contributed by atoms with E-state index < -0.39 is 11.8 Å². The lowest BCUT2D eigenvalue weighted by molar-refractivity contribution is -0.205. The first-order valence-corrected chi connectivity index (χ1v) is 12.9. The molecular formula is C27H32BrN3O5. The SMILES string of the molecule is CC(C)(C)OC(=O)N1CCC(C(=O)N2CC(=O)N(OCc3ccccc3)C2c2cccc(Br)c2)CC1. The Bertz CT molecular complexity index is 1100. The summed E-state index contributed by atoms with van der Waals surface area (Å²) in [5.74, 6) is -0.668. The summed E-state index contributed by atoms with van der Waals surface area (Å²) < 4.78 is 6.32. The molecule has 2 saturated heterocycles. The predicted molar refractivity (Wildman–Crippen MR) is 137 cm³/mol. The molecule has 0 bridgehead atoms. The van der Waals surface area contributed by atoms with Gasteiger partial charge in [0, 0.05) is 23.5 Å². The molecule has 0 N–H and O–H groups in total. The number of hydrogen-bond acceptors (Lipinski definition) is 5. The van der Waals surface area contributed by atoms with E-state index in [0.717, 1.165) is 15.6 Å². The van der Waals surface area contributed by atoms with Gasteiger partial charge in [0.2, 0.25) is 5.91 Å². The van der Waals surface area contributed by atoms with Gasteiger partial charge in [-0.1, -0.05) is 58.4 Å². The van der Waals surface area contributed by atoms with Crippen molar-refractivity contribution in [3.8, 4) is 0 Å². The molecule has 0 radical (unpaired) electrons. The molecule has 2 aliphatic heterocycles. The number of piperidine rings is 1. The maximum atomic E-state index is 13.7. The van der Waals surface area contributed by atoms with E-state index in [1.165, 1.54) is 5.06 Å². The smallest absolute Gasteiger partial charge is 0.410 e. The van der Waals surface area contributed by atoms with Crippen molar-refractivity contribution in [2.45, 2.75) is 52.0 Å². The maximum absolute atomic E-state index is 13.7. The van der Waals surface area contributed by atoms with Gasteiger partial charge in [0.05, 0.1) is 0 Å². The Labute approximate surface area is 220 Å². The van der Waals surface area contributed by atoms with Gasteiger partial charge in [0.1, 0.15) is 18.8 Å². The van der Waals surface area contributed by atoms with Crippen molar-refractivity contribution >= 4 is 33.8 Å². The van der Waals surface area contributed by atoms with E-state index in [0.29, 0.717) is 25.9 Å². The molecule has 2 fully saturated rings. The Morgan fingerprint density at radius 2 is 1.72 bits per heavy atom. The van der Waals surface area contributed by atoms with Gasteiger partial charge in [-0.3, -0.25) is 14.4 Å². The molecule has 2 aliphatic rings. The third-order valence-electron chi connectivity index (χ3n) is 6.21. The quantitative estimate of drug-likeness (QED) is 0.522. The molecule has 36 heavy (non-hydrogen) atoms. The van der Waals surface area contributed by atoms with E-state index in [4.69, 9.17) is 9.57 Å². The van der Waals surface area contributed by atoms with Crippen LogP contribution in [0.25, 0.3) is 0 Å². The third kappa shape index (κ3) is 6.25. The summed E-state index contributed by atoms with van der Waals surface area (Å²) in [4.78, 5) is 48.4. The van der Waals surface area contributed by atoms with Gasteiger partial charge < -0.3 is 14.5 Å². The maximum Gasteiger partial charge on any atom is 0.410 e. The largest absolute Gasteiger partial charge is 0.444 e. The van der Waals surface area contributed by atoms with Gasteiger partial charge in [0.15, 0.2) is 6.17 Å². The van der Waals surface area contributed by atoms with Crippen molar-refractivity contribution < 1.29 is 24.0 Å². The zero-order chi connectivity index (χ0) is 25.9. The molecule has 9 heteroatoms. The fourth-order valence-corrected chi connectivity index (χ4v) is 4.89. The highest BCUT2D eigenvalue weighted by Gasteiger charge is 2.45. The highest BCUT2D eigenvalue weighted by molar-refractivity contribution is 9.10. The van der Waals surface area contributed by atoms with Crippen LogP contribution in [0.1, 0.15) is 50.9 Å². The van der Waals surface area contributed by atoms with Gasteiger partial charge in [-0.05, 0) is 56.9 Å². The first kappa shape index (κ1) is 26.2. The molecule has 8 nitrogen and oxygen atoms in total. The van der Waals surface area contributed by atoms with Crippen LogP contribution in [0.15, 0.2) is 59.1 Å². The lowest BCUT2D eigenvalue weighted by Crippen LogP contribution is -2.46. The van der Waals surface area contributed by atoms with Crippen LogP contribution < -0.4 is 0 Å². The van der Waals surface area contributed by atoms with E-state index >= 15 is 0 Å². The molecule has 2 aromatic carbocycles. The third-order valence-corrected chi connectivity index (χ3v) is 6.70. The molecule has 192 valence electrons. The summed E-state index contributed by atoms with van der Waals surface area (Å²) in [6, 6.07) is 17.2. The number of hydroxylamine groups is 2. The fraction of sp³-hybridized carbons (Fsp3) is 0.444. The first-order valence-electron chi connectivity index (χ1n) is 12.1. The normalized spacial score (nSPS) is 19.1. The van der Waals surface area contributed by atoms with Crippen LogP contribution in [0, 0.1) is 5.92 Å². The van der Waals surface area contributed by atoms with E-state index in [1.54, 1.807) is 9.80 Å². The molecule has 1 unspecified atom stereocenters. The molecule has 3 amide bonds. The Morgan fingerprint density at radius 1 is 1.03 bits per heavy atom. The number of benzene rings is 2. The van der Waals surface area contributed by atoms with Crippen LogP contribution in [-0.2, 0) is 25.8 Å². The molecule has 2 aromatic rings. The van der Waals surface area contributed by atoms with E-state index in [-0.39, 0.29) is 37.0 Å². The molecule has 4 rings (SSSR count). The number of carbonyl (C=O) groups is 3. The molecule has 2 heterocycles. The number of rotatable bonds is 5. The predicted octanol–water partition coefficient (Wildman–Crippen LogP) is 4.90. The summed E-state index contributed by atoms with van der Waals surface area (Å²) in [7, 11) is 0. The minimum Gasteiger partial charge on any atom is -0.444 e. The van der Waals surface area contributed by atoms with Crippen molar-refractivity contribution in [2.24, 2.45) is 5.92 Å². The van der Waals surface area contributed by atoms with Crippen molar-refractivity contribution in [1.82, 2.24) is 14.9 Å². The second kappa shape index (κ2) is 11.0. The van der Waals surface area contributed by atoms with Gasteiger partial charge in [-0.2, -0.15) is 5.06 Å². The van der Waals surface area contributed by atoms with Gasteiger partial charge >= 0.3 is 6.09 Å². The average Bonchev–Trinajstić information content (AvgIpc) is 3.18. The lowest BCUT2D eigenvalue weighted by atomic mass is 9.95. The Kier molecular flexibility index (Phi) is 8.00. The average molecular weight is 558 g/mol. The Hall–Kier alpha value is -2.91. The summed E-state index contributed by atoms with van der Waals surface area (Å²) in [5.41, 5.74) is 1.14. The standard InChI is InChI=1S/C27H32BrN3O5/c1-27(2,3)36-26(34)29-14-12-20(13-15-29)25(33)30-17-23(32)31(35-18-19-8-5-4-6-9-19)24(30)21-10-7-11-22(28)16-21/h4-11,16,20,24H,12-15,17-18H2,1-3H3. The van der Waals surface area contributed by atoms with Crippen molar-refractivity contribution in [3.05, 3.63) is 70.2 Å². The van der Waals surface area contributed by atoms with Gasteiger partial charge in [0.25, 0.3) is 5.91 Å². The minimum atomic E-state index is -0.671. The summed E-state index contributed by atoms with van der Waals surface area (Å²) in [6.07, 6.45) is -0.00938. The highest BCUT2D eigenvalue weighted by atomic mass is 79.9. The number of nitrogens with zero attached hydrogens (tertiary/aromatic N) is 3. The van der Waals surface area contributed by atoms with Gasteiger partial charge in [-0.15, -0.1) is 0 Å². The Morgan fingerprint density at radius 3 is 2.36 bits per heavy atom. The highest BCUT2D eigenvalue weighted by Crippen LogP contribution is 2.35. The van der Waals surface area contributed by atoms with Crippen LogP contribution in [0.5, 0.6) is 0 Å². The second-order valence-electron chi connectivity index (χ2n) is 10.1. The van der Waals surface area contributed by atoms with E-state index in [9.17, 15) is 14.4 Å². The van der Waals surface area contributed by atoms with E-state index in [2.05, 4.69) is 15.9 Å². The first-order chi connectivity index (χ1) is 17.1. The van der Waals surface area contributed by atoms with Gasteiger partial charge in [-0.25, -0.2) is 4.79 Å². The molecule has 1 atom stereocenters. The number of hydrogen-bond donors (Lipinski definition) is 0. The zero-order valence-electron chi connectivity index (χ0n) is 20.9. The number of amides is 3. The number of halogens is 1. The topological polar surface area (TPSA) is 79.4 Å². The van der Waals surface area contributed by atoms with Crippen molar-refractivity contribution in [3.63, 3.8) is 0 Å². The summed E-state index contributed by atoms with van der Waals surface area (Å²) in [6.45, 7) is 6.52.